The summed E-state index contributed by atoms with van der Waals surface area (Å²) in [5, 5.41) is 4.81. The van der Waals surface area contributed by atoms with Gasteiger partial charge < -0.3 is 21.1 Å². The van der Waals surface area contributed by atoms with Crippen LogP contribution < -0.4 is 21.1 Å². The molecule has 0 atom stereocenters. The second-order valence-corrected chi connectivity index (χ2v) is 4.84. The first-order valence-corrected chi connectivity index (χ1v) is 6.81. The Morgan fingerprint density at radius 1 is 1.33 bits per heavy atom. The van der Waals surface area contributed by atoms with Crippen LogP contribution in [0.25, 0.3) is 0 Å². The topological polar surface area (TPSA) is 93.5 Å². The number of hydrogen-bond acceptors (Lipinski definition) is 4. The predicted octanol–water partition coefficient (Wildman–Crippen LogP) is 0.770. The summed E-state index contributed by atoms with van der Waals surface area (Å²) in [6, 6.07) is 4.23. The van der Waals surface area contributed by atoms with Crippen LogP contribution in [0.2, 0.25) is 0 Å². The van der Waals surface area contributed by atoms with Gasteiger partial charge in [0.25, 0.3) is 0 Å². The van der Waals surface area contributed by atoms with Gasteiger partial charge in [0.2, 0.25) is 11.8 Å². The maximum atomic E-state index is 13.8. The maximum Gasteiger partial charge on any atom is 0.243 e. The Bertz CT molecular complexity index is 532. The lowest BCUT2D eigenvalue weighted by atomic mass is 9.96. The summed E-state index contributed by atoms with van der Waals surface area (Å²) in [6.07, 6.45) is 3.08. The highest BCUT2D eigenvalue weighted by Gasteiger charge is 2.20. The second kappa shape index (κ2) is 7.03. The molecule has 1 aliphatic rings. The van der Waals surface area contributed by atoms with Gasteiger partial charge in [-0.15, -0.1) is 0 Å². The highest BCUT2D eigenvalue weighted by molar-refractivity contribution is 5.94. The smallest absolute Gasteiger partial charge is 0.243 e. The minimum atomic E-state index is -0.523. The normalized spacial score (nSPS) is 14.2. The minimum Gasteiger partial charge on any atom is -0.487 e. The maximum absolute atomic E-state index is 13.8. The Balaban J connectivity index is 1.87. The Hall–Kier alpha value is -2.15. The van der Waals surface area contributed by atoms with Crippen LogP contribution in [0.5, 0.6) is 5.75 Å². The lowest BCUT2D eigenvalue weighted by molar-refractivity contribution is -0.123. The summed E-state index contributed by atoms with van der Waals surface area (Å²) < 4.78 is 19.3. The summed E-state index contributed by atoms with van der Waals surface area (Å²) in [6.45, 7) is -0.396. The zero-order valence-electron chi connectivity index (χ0n) is 11.5. The van der Waals surface area contributed by atoms with Crippen LogP contribution in [0.3, 0.4) is 0 Å². The van der Waals surface area contributed by atoms with E-state index in [9.17, 15) is 14.0 Å². The molecule has 7 heteroatoms. The van der Waals surface area contributed by atoms with E-state index in [1.165, 1.54) is 12.1 Å². The van der Waals surface area contributed by atoms with Gasteiger partial charge in [-0.25, -0.2) is 4.39 Å². The highest BCUT2D eigenvalue weighted by Crippen LogP contribution is 2.28. The molecule has 0 saturated heterocycles. The van der Waals surface area contributed by atoms with Crippen molar-refractivity contribution in [2.75, 3.05) is 18.4 Å². The average Bonchev–Trinajstić information content (AvgIpc) is 2.42. The largest absolute Gasteiger partial charge is 0.487 e. The third-order valence-corrected chi connectivity index (χ3v) is 3.19. The average molecular weight is 295 g/mol. The van der Waals surface area contributed by atoms with E-state index in [0.29, 0.717) is 5.69 Å². The van der Waals surface area contributed by atoms with Gasteiger partial charge in [0.15, 0.2) is 11.6 Å². The Kier molecular flexibility index (Phi) is 5.10. The summed E-state index contributed by atoms with van der Waals surface area (Å²) >= 11 is 0. The van der Waals surface area contributed by atoms with Crippen molar-refractivity contribution in [3.05, 3.63) is 24.0 Å². The molecule has 1 fully saturated rings. The minimum absolute atomic E-state index is 0.0893. The van der Waals surface area contributed by atoms with E-state index in [1.54, 1.807) is 6.07 Å². The molecule has 0 heterocycles. The second-order valence-electron chi connectivity index (χ2n) is 4.84. The zero-order valence-corrected chi connectivity index (χ0v) is 11.5. The molecule has 6 nitrogen and oxygen atoms in total. The molecule has 1 saturated carbocycles. The van der Waals surface area contributed by atoms with Gasteiger partial charge in [-0.05, 0) is 31.4 Å². The summed E-state index contributed by atoms with van der Waals surface area (Å²) in [7, 11) is 0. The van der Waals surface area contributed by atoms with Crippen molar-refractivity contribution in [2.45, 2.75) is 25.4 Å². The number of nitrogens with one attached hydrogen (secondary N) is 2. The third-order valence-electron chi connectivity index (χ3n) is 3.19. The van der Waals surface area contributed by atoms with E-state index >= 15 is 0 Å². The van der Waals surface area contributed by atoms with Gasteiger partial charge in [-0.2, -0.15) is 0 Å². The lowest BCUT2D eigenvalue weighted by Crippen LogP contribution is -2.36. The van der Waals surface area contributed by atoms with Crippen molar-refractivity contribution >= 4 is 17.5 Å². The molecule has 0 aliphatic heterocycles. The number of carbonyl (C=O) groups excluding carboxylic acids is 2. The fourth-order valence-electron chi connectivity index (χ4n) is 1.80. The first kappa shape index (κ1) is 15.2. The number of rotatable bonds is 6. The SMILES string of the molecule is NCC(=O)NCC(=O)Nc1ccc(OC2CCC2)c(F)c1. The van der Waals surface area contributed by atoms with Crippen LogP contribution in [0, 0.1) is 5.82 Å². The molecular weight excluding hydrogens is 277 g/mol. The fourth-order valence-corrected chi connectivity index (χ4v) is 1.80. The molecule has 0 unspecified atom stereocenters. The molecule has 0 bridgehead atoms. The quantitative estimate of drug-likeness (QED) is 0.722. The Morgan fingerprint density at radius 3 is 2.67 bits per heavy atom. The number of ether oxygens (including phenoxy) is 1. The molecule has 21 heavy (non-hydrogen) atoms. The monoisotopic (exact) mass is 295 g/mol. The van der Waals surface area contributed by atoms with Crippen molar-refractivity contribution in [1.82, 2.24) is 5.32 Å². The van der Waals surface area contributed by atoms with Gasteiger partial charge in [0.05, 0.1) is 19.2 Å². The van der Waals surface area contributed by atoms with Gasteiger partial charge in [0.1, 0.15) is 0 Å². The molecule has 2 amide bonds. The fraction of sp³-hybridized carbons (Fsp3) is 0.429. The molecular formula is C14H18FN3O3. The standard InChI is InChI=1S/C14H18FN3O3/c15-11-6-9(18-14(20)8-17-13(19)7-16)4-5-12(11)21-10-2-1-3-10/h4-6,10H,1-3,7-8,16H2,(H,17,19)(H,18,20). The van der Waals surface area contributed by atoms with E-state index in [4.69, 9.17) is 10.5 Å². The number of carbonyl (C=O) groups is 2. The van der Waals surface area contributed by atoms with Crippen molar-refractivity contribution in [2.24, 2.45) is 5.73 Å². The van der Waals surface area contributed by atoms with Gasteiger partial charge in [0, 0.05) is 11.8 Å². The molecule has 1 aliphatic carbocycles. The van der Waals surface area contributed by atoms with Crippen LogP contribution in [0.15, 0.2) is 18.2 Å². The molecule has 114 valence electrons. The number of amides is 2. The van der Waals surface area contributed by atoms with E-state index < -0.39 is 17.6 Å². The van der Waals surface area contributed by atoms with Crippen molar-refractivity contribution in [1.29, 1.82) is 0 Å². The third kappa shape index (κ3) is 4.42. The zero-order chi connectivity index (χ0) is 15.2. The van der Waals surface area contributed by atoms with E-state index in [-0.39, 0.29) is 24.9 Å². The molecule has 0 aromatic heterocycles. The summed E-state index contributed by atoms with van der Waals surface area (Å²) in [5.41, 5.74) is 5.40. The Morgan fingerprint density at radius 2 is 2.10 bits per heavy atom. The van der Waals surface area contributed by atoms with Crippen molar-refractivity contribution < 1.29 is 18.7 Å². The number of anilines is 1. The van der Waals surface area contributed by atoms with Gasteiger partial charge in [-0.1, -0.05) is 0 Å². The summed E-state index contributed by atoms with van der Waals surface area (Å²) in [5.74, 6) is -1.22. The van der Waals surface area contributed by atoms with E-state index in [0.717, 1.165) is 19.3 Å². The number of nitrogens with two attached hydrogens (primary N) is 1. The van der Waals surface area contributed by atoms with Crippen LogP contribution in [-0.2, 0) is 9.59 Å². The number of halogens is 1. The lowest BCUT2D eigenvalue weighted by Gasteiger charge is -2.26. The van der Waals surface area contributed by atoms with Crippen molar-refractivity contribution in [3.63, 3.8) is 0 Å². The van der Waals surface area contributed by atoms with Crippen LogP contribution in [0.1, 0.15) is 19.3 Å². The number of hydrogen-bond donors (Lipinski definition) is 3. The molecule has 1 aromatic rings. The first-order chi connectivity index (χ1) is 10.1. The first-order valence-electron chi connectivity index (χ1n) is 6.81. The van der Waals surface area contributed by atoms with E-state index in [1.807, 2.05) is 0 Å². The molecule has 4 N–H and O–H groups in total. The Labute approximate surface area is 121 Å². The summed E-state index contributed by atoms with van der Waals surface area (Å²) in [4.78, 5) is 22.5. The van der Waals surface area contributed by atoms with Crippen LogP contribution in [-0.4, -0.2) is 31.0 Å². The van der Waals surface area contributed by atoms with Gasteiger partial charge in [-0.3, -0.25) is 9.59 Å². The molecule has 0 radical (unpaired) electrons. The van der Waals surface area contributed by atoms with Crippen LogP contribution >= 0.6 is 0 Å². The molecule has 0 spiro atoms. The van der Waals surface area contributed by atoms with Crippen molar-refractivity contribution in [3.8, 4) is 5.75 Å². The highest BCUT2D eigenvalue weighted by atomic mass is 19.1. The van der Waals surface area contributed by atoms with E-state index in [2.05, 4.69) is 10.6 Å². The van der Waals surface area contributed by atoms with Gasteiger partial charge >= 0.3 is 0 Å². The molecule has 2 rings (SSSR count). The molecule has 1 aromatic carbocycles. The predicted molar refractivity (Wildman–Crippen MR) is 75.4 cm³/mol. The van der Waals surface area contributed by atoms with Crippen LogP contribution in [0.4, 0.5) is 10.1 Å². The number of benzene rings is 1.